The van der Waals surface area contributed by atoms with Gasteiger partial charge in [-0.1, -0.05) is 18.2 Å². The summed E-state index contributed by atoms with van der Waals surface area (Å²) in [5.41, 5.74) is 1.27. The molecule has 1 amide bonds. The Morgan fingerprint density at radius 2 is 1.63 bits per heavy atom. The molecular formula is C24H25NO5. The zero-order chi connectivity index (χ0) is 21.7. The number of ether oxygens (including phenoxy) is 3. The van der Waals surface area contributed by atoms with Gasteiger partial charge in [-0.2, -0.15) is 0 Å². The normalized spacial score (nSPS) is 18.5. The molecule has 0 spiro atoms. The highest BCUT2D eigenvalue weighted by Crippen LogP contribution is 2.33. The van der Waals surface area contributed by atoms with Crippen LogP contribution in [-0.4, -0.2) is 31.7 Å². The van der Waals surface area contributed by atoms with Gasteiger partial charge < -0.3 is 19.5 Å². The lowest BCUT2D eigenvalue weighted by molar-refractivity contribution is -0.130. The zero-order valence-electron chi connectivity index (χ0n) is 17.5. The van der Waals surface area contributed by atoms with Crippen molar-refractivity contribution in [2.24, 2.45) is 0 Å². The number of amides is 1. The van der Waals surface area contributed by atoms with Gasteiger partial charge in [0.1, 0.15) is 11.5 Å². The number of rotatable bonds is 6. The van der Waals surface area contributed by atoms with Crippen LogP contribution in [0.3, 0.4) is 0 Å². The van der Waals surface area contributed by atoms with E-state index in [0.29, 0.717) is 40.3 Å². The summed E-state index contributed by atoms with van der Waals surface area (Å²) in [6, 6.07) is 15.6. The maximum Gasteiger partial charge on any atom is 0.345 e. The largest absolute Gasteiger partial charge is 0.497 e. The van der Waals surface area contributed by atoms with Crippen LogP contribution in [0.15, 0.2) is 77.5 Å². The fourth-order valence-corrected chi connectivity index (χ4v) is 3.38. The van der Waals surface area contributed by atoms with Crippen molar-refractivity contribution in [3.05, 3.63) is 83.1 Å². The minimum atomic E-state index is -0.650. The second-order valence-corrected chi connectivity index (χ2v) is 7.26. The molecule has 0 fully saturated rings. The number of benzene rings is 2. The smallest absolute Gasteiger partial charge is 0.345 e. The van der Waals surface area contributed by atoms with Crippen molar-refractivity contribution in [3.8, 4) is 11.5 Å². The van der Waals surface area contributed by atoms with Crippen LogP contribution in [-0.2, 0) is 9.53 Å². The van der Waals surface area contributed by atoms with E-state index < -0.39 is 11.6 Å². The molecular weight excluding hydrogens is 382 g/mol. The Morgan fingerprint density at radius 3 is 2.23 bits per heavy atom. The van der Waals surface area contributed by atoms with Crippen molar-refractivity contribution in [1.82, 2.24) is 5.32 Å². The van der Waals surface area contributed by atoms with Crippen molar-refractivity contribution in [1.29, 1.82) is 0 Å². The second-order valence-electron chi connectivity index (χ2n) is 7.26. The van der Waals surface area contributed by atoms with Gasteiger partial charge in [0, 0.05) is 24.8 Å². The van der Waals surface area contributed by atoms with Crippen molar-refractivity contribution >= 4 is 11.9 Å². The van der Waals surface area contributed by atoms with E-state index in [-0.39, 0.29) is 5.91 Å². The van der Waals surface area contributed by atoms with Gasteiger partial charge >= 0.3 is 5.97 Å². The third-order valence-corrected chi connectivity index (χ3v) is 4.99. The molecule has 2 aromatic carbocycles. The highest BCUT2D eigenvalue weighted by Gasteiger charge is 2.34. The summed E-state index contributed by atoms with van der Waals surface area (Å²) in [6.45, 7) is 3.70. The van der Waals surface area contributed by atoms with Crippen LogP contribution in [0.5, 0.6) is 11.5 Å². The van der Waals surface area contributed by atoms with Crippen molar-refractivity contribution in [2.45, 2.75) is 25.9 Å². The molecule has 1 aliphatic rings. The SMILES string of the molecule is COc1ccc(C(=O)NC2=C(C(=O)Oc3ccccc3)C(C)=CC(C)(OC)C2)cc1. The average Bonchev–Trinajstić information content (AvgIpc) is 2.74. The van der Waals surface area contributed by atoms with Gasteiger partial charge in [0.25, 0.3) is 5.91 Å². The Bertz CT molecular complexity index is 992. The predicted octanol–water partition coefficient (Wildman–Crippen LogP) is 4.04. The van der Waals surface area contributed by atoms with Gasteiger partial charge in [0.15, 0.2) is 0 Å². The van der Waals surface area contributed by atoms with Crippen molar-refractivity contribution < 1.29 is 23.8 Å². The zero-order valence-corrected chi connectivity index (χ0v) is 17.5. The molecule has 2 aromatic rings. The topological polar surface area (TPSA) is 73.9 Å². The Kier molecular flexibility index (Phi) is 6.37. The van der Waals surface area contributed by atoms with E-state index in [9.17, 15) is 9.59 Å². The van der Waals surface area contributed by atoms with Gasteiger partial charge in [-0.15, -0.1) is 0 Å². The molecule has 1 atom stereocenters. The summed E-state index contributed by atoms with van der Waals surface area (Å²) >= 11 is 0. The first-order chi connectivity index (χ1) is 14.3. The summed E-state index contributed by atoms with van der Waals surface area (Å²) in [4.78, 5) is 25.8. The fourth-order valence-electron chi connectivity index (χ4n) is 3.38. The highest BCUT2D eigenvalue weighted by atomic mass is 16.5. The first-order valence-electron chi connectivity index (χ1n) is 9.56. The predicted molar refractivity (Wildman–Crippen MR) is 113 cm³/mol. The number of carbonyl (C=O) groups is 2. The molecule has 0 radical (unpaired) electrons. The molecule has 0 saturated carbocycles. The Morgan fingerprint density at radius 1 is 0.967 bits per heavy atom. The van der Waals surface area contributed by atoms with Crippen LogP contribution in [0.1, 0.15) is 30.6 Å². The average molecular weight is 407 g/mol. The number of methoxy groups -OCH3 is 2. The molecule has 1 unspecified atom stereocenters. The molecule has 0 bridgehead atoms. The molecule has 1 N–H and O–H groups in total. The molecule has 6 nitrogen and oxygen atoms in total. The maximum absolute atomic E-state index is 13.0. The van der Waals surface area contributed by atoms with Gasteiger partial charge in [-0.05, 0) is 61.9 Å². The van der Waals surface area contributed by atoms with Crippen LogP contribution in [0.4, 0.5) is 0 Å². The highest BCUT2D eigenvalue weighted by molar-refractivity contribution is 6.00. The molecule has 0 aliphatic heterocycles. The van der Waals surface area contributed by atoms with E-state index in [4.69, 9.17) is 14.2 Å². The number of esters is 1. The number of carbonyl (C=O) groups excluding carboxylic acids is 2. The molecule has 3 rings (SSSR count). The molecule has 6 heteroatoms. The van der Waals surface area contributed by atoms with Crippen LogP contribution < -0.4 is 14.8 Å². The van der Waals surface area contributed by atoms with Gasteiger partial charge in [-0.3, -0.25) is 4.79 Å². The minimum Gasteiger partial charge on any atom is -0.497 e. The minimum absolute atomic E-state index is 0.321. The third kappa shape index (κ3) is 4.78. The summed E-state index contributed by atoms with van der Waals surface area (Å²) in [7, 11) is 3.16. The summed E-state index contributed by atoms with van der Waals surface area (Å²) in [6.07, 6.45) is 2.19. The second kappa shape index (κ2) is 8.97. The number of hydrogen-bond donors (Lipinski definition) is 1. The summed E-state index contributed by atoms with van der Waals surface area (Å²) in [5, 5.41) is 2.89. The monoisotopic (exact) mass is 407 g/mol. The molecule has 0 saturated heterocycles. The van der Waals surface area contributed by atoms with Gasteiger partial charge in [0.05, 0.1) is 18.3 Å². The molecule has 0 aromatic heterocycles. The summed E-state index contributed by atoms with van der Waals surface area (Å²) in [5.74, 6) is 0.231. The van der Waals surface area contributed by atoms with E-state index in [1.54, 1.807) is 69.7 Å². The van der Waals surface area contributed by atoms with Crippen LogP contribution in [0, 0.1) is 0 Å². The van der Waals surface area contributed by atoms with Crippen molar-refractivity contribution in [3.63, 3.8) is 0 Å². The first-order valence-corrected chi connectivity index (χ1v) is 9.56. The maximum atomic E-state index is 13.0. The molecule has 1 aliphatic carbocycles. The number of hydrogen-bond acceptors (Lipinski definition) is 5. The van der Waals surface area contributed by atoms with E-state index in [1.807, 2.05) is 19.1 Å². The van der Waals surface area contributed by atoms with E-state index in [0.717, 1.165) is 0 Å². The van der Waals surface area contributed by atoms with Crippen LogP contribution >= 0.6 is 0 Å². The lowest BCUT2D eigenvalue weighted by atomic mass is 9.86. The molecule has 156 valence electrons. The summed E-state index contributed by atoms with van der Waals surface area (Å²) < 4.78 is 16.3. The Hall–Kier alpha value is -3.38. The number of para-hydroxylation sites is 1. The standard InChI is InChI=1S/C24H25NO5/c1-16-14-24(2,29-4)15-20(21(16)23(27)30-19-8-6-5-7-9-19)25-22(26)17-10-12-18(28-3)13-11-17/h5-14H,15H2,1-4H3,(H,25,26). The molecule has 0 heterocycles. The third-order valence-electron chi connectivity index (χ3n) is 4.99. The fraction of sp³-hybridized carbons (Fsp3) is 0.250. The van der Waals surface area contributed by atoms with Crippen molar-refractivity contribution in [2.75, 3.05) is 14.2 Å². The van der Waals surface area contributed by atoms with Gasteiger partial charge in [-0.25, -0.2) is 4.79 Å². The number of nitrogens with one attached hydrogen (secondary N) is 1. The van der Waals surface area contributed by atoms with Gasteiger partial charge in [0.2, 0.25) is 0 Å². The Balaban J connectivity index is 1.92. The quantitative estimate of drug-likeness (QED) is 0.578. The van der Waals surface area contributed by atoms with E-state index in [2.05, 4.69) is 5.32 Å². The first kappa shape index (κ1) is 21.3. The Labute approximate surface area is 176 Å². The van der Waals surface area contributed by atoms with Crippen LogP contribution in [0.25, 0.3) is 0 Å². The van der Waals surface area contributed by atoms with E-state index in [1.165, 1.54) is 0 Å². The lowest BCUT2D eigenvalue weighted by Crippen LogP contribution is -2.37. The lowest BCUT2D eigenvalue weighted by Gasteiger charge is -2.32. The molecule has 30 heavy (non-hydrogen) atoms. The van der Waals surface area contributed by atoms with E-state index >= 15 is 0 Å². The van der Waals surface area contributed by atoms with Crippen LogP contribution in [0.2, 0.25) is 0 Å².